The molecule has 1 aromatic carbocycles. The van der Waals surface area contributed by atoms with Gasteiger partial charge in [0.1, 0.15) is 0 Å². The predicted molar refractivity (Wildman–Crippen MR) is 88.8 cm³/mol. The first-order valence-corrected chi connectivity index (χ1v) is 7.81. The Balaban J connectivity index is 1.94. The first-order chi connectivity index (χ1) is 10.2. The summed E-state index contributed by atoms with van der Waals surface area (Å²) in [6.07, 6.45) is 4.74. The van der Waals surface area contributed by atoms with Gasteiger partial charge in [-0.3, -0.25) is 4.79 Å². The maximum atomic E-state index is 11.9. The lowest BCUT2D eigenvalue weighted by Gasteiger charge is -2.05. The molecule has 0 saturated carbocycles. The van der Waals surface area contributed by atoms with Crippen molar-refractivity contribution in [2.75, 3.05) is 11.9 Å². The lowest BCUT2D eigenvalue weighted by molar-refractivity contribution is -0.111. The minimum absolute atomic E-state index is 0.169. The van der Waals surface area contributed by atoms with Crippen LogP contribution in [0.4, 0.5) is 5.69 Å². The topological polar surface area (TPSA) is 49.3 Å². The number of carbonyl (C=O) groups excluding carboxylic acids is 1. The summed E-state index contributed by atoms with van der Waals surface area (Å²) >= 11 is 7.25. The molecule has 1 amide bonds. The molecule has 0 fully saturated rings. The third kappa shape index (κ3) is 5.34. The van der Waals surface area contributed by atoms with Gasteiger partial charge in [-0.15, -0.1) is 11.3 Å². The number of carbonyl (C=O) groups is 1. The monoisotopic (exact) mass is 321 g/mol. The number of amides is 1. The zero-order valence-electron chi connectivity index (χ0n) is 11.4. The Morgan fingerprint density at radius 3 is 2.90 bits per heavy atom. The maximum absolute atomic E-state index is 11.9. The molecule has 2 N–H and O–H groups in total. The Hall–Kier alpha value is -1.62. The van der Waals surface area contributed by atoms with Gasteiger partial charge in [-0.2, -0.15) is 0 Å². The largest absolute Gasteiger partial charge is 0.396 e. The normalized spacial score (nSPS) is 11.0. The van der Waals surface area contributed by atoms with Gasteiger partial charge >= 0.3 is 0 Å². The van der Waals surface area contributed by atoms with Crippen LogP contribution in [0.2, 0.25) is 4.34 Å². The SMILES string of the molecule is O=C(/C=C/c1ccc(Cl)s1)Nc1cccc(CCCO)c1. The molecule has 5 heteroatoms. The van der Waals surface area contributed by atoms with Crippen LogP contribution in [0.25, 0.3) is 6.08 Å². The van der Waals surface area contributed by atoms with Crippen molar-refractivity contribution in [3.05, 3.63) is 57.3 Å². The highest BCUT2D eigenvalue weighted by Crippen LogP contribution is 2.22. The van der Waals surface area contributed by atoms with Crippen molar-refractivity contribution >= 4 is 40.6 Å². The molecule has 0 spiro atoms. The lowest BCUT2D eigenvalue weighted by atomic mass is 10.1. The van der Waals surface area contributed by atoms with E-state index in [1.54, 1.807) is 12.1 Å². The molecule has 0 aliphatic rings. The molecule has 21 heavy (non-hydrogen) atoms. The fourth-order valence-corrected chi connectivity index (χ4v) is 2.81. The van der Waals surface area contributed by atoms with Crippen molar-refractivity contribution in [3.8, 4) is 0 Å². The number of hydrogen-bond donors (Lipinski definition) is 2. The summed E-state index contributed by atoms with van der Waals surface area (Å²) in [6, 6.07) is 11.3. The smallest absolute Gasteiger partial charge is 0.248 e. The van der Waals surface area contributed by atoms with Crippen molar-refractivity contribution in [1.82, 2.24) is 0 Å². The minimum atomic E-state index is -0.182. The van der Waals surface area contributed by atoms with E-state index in [0.29, 0.717) is 4.34 Å². The molecule has 2 aromatic rings. The predicted octanol–water partition coefficient (Wildman–Crippen LogP) is 3.98. The van der Waals surface area contributed by atoms with Gasteiger partial charge in [0, 0.05) is 23.2 Å². The Morgan fingerprint density at radius 2 is 2.19 bits per heavy atom. The van der Waals surface area contributed by atoms with Crippen LogP contribution in [0.3, 0.4) is 0 Å². The van der Waals surface area contributed by atoms with E-state index >= 15 is 0 Å². The lowest BCUT2D eigenvalue weighted by Crippen LogP contribution is -2.07. The molecular formula is C16H16ClNO2S. The van der Waals surface area contributed by atoms with Crippen molar-refractivity contribution in [3.63, 3.8) is 0 Å². The fraction of sp³-hybridized carbons (Fsp3) is 0.188. The average molecular weight is 322 g/mol. The number of nitrogens with one attached hydrogen (secondary N) is 1. The first-order valence-electron chi connectivity index (χ1n) is 6.61. The third-order valence-electron chi connectivity index (χ3n) is 2.81. The fourth-order valence-electron chi connectivity index (χ4n) is 1.85. The van der Waals surface area contributed by atoms with Gasteiger partial charge in [0.15, 0.2) is 0 Å². The van der Waals surface area contributed by atoms with Gasteiger partial charge in [0.05, 0.1) is 4.34 Å². The second kappa shape index (κ2) is 7.98. The van der Waals surface area contributed by atoms with E-state index < -0.39 is 0 Å². The van der Waals surface area contributed by atoms with Crippen LogP contribution in [0.5, 0.6) is 0 Å². The molecule has 1 aromatic heterocycles. The number of aliphatic hydroxyl groups is 1. The average Bonchev–Trinajstić information content (AvgIpc) is 2.89. The zero-order valence-corrected chi connectivity index (χ0v) is 13.0. The number of aliphatic hydroxyl groups excluding tert-OH is 1. The number of halogens is 1. The van der Waals surface area contributed by atoms with Gasteiger partial charge in [-0.25, -0.2) is 0 Å². The van der Waals surface area contributed by atoms with Crippen LogP contribution in [-0.2, 0) is 11.2 Å². The van der Waals surface area contributed by atoms with E-state index in [1.165, 1.54) is 17.4 Å². The van der Waals surface area contributed by atoms with Crippen molar-refractivity contribution in [2.24, 2.45) is 0 Å². The van der Waals surface area contributed by atoms with Gasteiger partial charge in [0.2, 0.25) is 5.91 Å². The quantitative estimate of drug-likeness (QED) is 0.791. The van der Waals surface area contributed by atoms with Crippen LogP contribution in [0.1, 0.15) is 16.9 Å². The number of aryl methyl sites for hydroxylation is 1. The molecule has 2 rings (SSSR count). The number of rotatable bonds is 6. The number of thiophene rings is 1. The van der Waals surface area contributed by atoms with E-state index in [-0.39, 0.29) is 12.5 Å². The molecule has 3 nitrogen and oxygen atoms in total. The molecule has 0 unspecified atom stereocenters. The zero-order chi connectivity index (χ0) is 15.1. The van der Waals surface area contributed by atoms with Crippen LogP contribution in [0.15, 0.2) is 42.5 Å². The number of anilines is 1. The molecule has 0 aliphatic heterocycles. The Labute approximate surface area is 132 Å². The minimum Gasteiger partial charge on any atom is -0.396 e. The second-order valence-corrected chi connectivity index (χ2v) is 6.24. The summed E-state index contributed by atoms with van der Waals surface area (Å²) in [4.78, 5) is 12.8. The first kappa shape index (κ1) is 15.8. The molecular weight excluding hydrogens is 306 g/mol. The van der Waals surface area contributed by atoms with E-state index in [9.17, 15) is 4.79 Å². The molecule has 1 heterocycles. The molecule has 0 saturated heterocycles. The maximum Gasteiger partial charge on any atom is 0.248 e. The van der Waals surface area contributed by atoms with Gasteiger partial charge in [0.25, 0.3) is 0 Å². The molecule has 0 radical (unpaired) electrons. The number of hydrogen-bond acceptors (Lipinski definition) is 3. The van der Waals surface area contributed by atoms with Gasteiger partial charge < -0.3 is 10.4 Å². The van der Waals surface area contributed by atoms with E-state index in [2.05, 4.69) is 5.32 Å². The van der Waals surface area contributed by atoms with E-state index in [1.807, 2.05) is 30.3 Å². The van der Waals surface area contributed by atoms with Crippen LogP contribution in [-0.4, -0.2) is 17.6 Å². The Kier molecular flexibility index (Phi) is 5.99. The van der Waals surface area contributed by atoms with Crippen LogP contribution >= 0.6 is 22.9 Å². The van der Waals surface area contributed by atoms with Gasteiger partial charge in [-0.1, -0.05) is 23.7 Å². The highest BCUT2D eigenvalue weighted by Gasteiger charge is 2.00. The second-order valence-electron chi connectivity index (χ2n) is 4.49. The molecule has 0 aliphatic carbocycles. The summed E-state index contributed by atoms with van der Waals surface area (Å²) in [7, 11) is 0. The Morgan fingerprint density at radius 1 is 1.33 bits per heavy atom. The van der Waals surface area contributed by atoms with E-state index in [0.717, 1.165) is 29.0 Å². The standard InChI is InChI=1S/C16H16ClNO2S/c17-15-8-6-14(21-15)7-9-16(20)18-13-5-1-3-12(11-13)4-2-10-19/h1,3,5-9,11,19H,2,4,10H2,(H,18,20)/b9-7+. The molecule has 110 valence electrons. The van der Waals surface area contributed by atoms with Crippen molar-refractivity contribution < 1.29 is 9.90 Å². The summed E-state index contributed by atoms with van der Waals surface area (Å²) in [5.41, 5.74) is 1.85. The highest BCUT2D eigenvalue weighted by molar-refractivity contribution is 7.17. The third-order valence-corrected chi connectivity index (χ3v) is 4.01. The van der Waals surface area contributed by atoms with Crippen molar-refractivity contribution in [2.45, 2.75) is 12.8 Å². The van der Waals surface area contributed by atoms with Gasteiger partial charge in [-0.05, 0) is 48.7 Å². The summed E-state index contributed by atoms with van der Waals surface area (Å²) in [5, 5.41) is 11.7. The summed E-state index contributed by atoms with van der Waals surface area (Å²) < 4.78 is 0.701. The molecule has 0 atom stereocenters. The van der Waals surface area contributed by atoms with Crippen molar-refractivity contribution in [1.29, 1.82) is 0 Å². The summed E-state index contributed by atoms with van der Waals surface area (Å²) in [5.74, 6) is -0.182. The number of benzene rings is 1. The van der Waals surface area contributed by atoms with Crippen LogP contribution in [0, 0.1) is 0 Å². The Bertz CT molecular complexity index is 637. The summed E-state index contributed by atoms with van der Waals surface area (Å²) in [6.45, 7) is 0.169. The van der Waals surface area contributed by atoms with E-state index in [4.69, 9.17) is 16.7 Å². The molecule has 0 bridgehead atoms. The highest BCUT2D eigenvalue weighted by atomic mass is 35.5. The van der Waals surface area contributed by atoms with Crippen LogP contribution < -0.4 is 5.32 Å².